The van der Waals surface area contributed by atoms with E-state index < -0.39 is 0 Å². The minimum atomic E-state index is -0.193. The summed E-state index contributed by atoms with van der Waals surface area (Å²) in [5, 5.41) is 3.41. The molecule has 2 rings (SSSR count). The summed E-state index contributed by atoms with van der Waals surface area (Å²) < 4.78 is 13.2. The molecule has 0 fully saturated rings. The minimum absolute atomic E-state index is 0.0853. The highest BCUT2D eigenvalue weighted by molar-refractivity contribution is 5.53. The molecule has 0 spiro atoms. The molecule has 0 saturated heterocycles. The van der Waals surface area contributed by atoms with Crippen LogP contribution in [0, 0.1) is 19.7 Å². The molecule has 0 heterocycles. The number of rotatable bonds is 3. The van der Waals surface area contributed by atoms with Crippen LogP contribution in [0.3, 0.4) is 0 Å². The number of hydrogen-bond acceptors (Lipinski definition) is 1. The summed E-state index contributed by atoms with van der Waals surface area (Å²) in [6, 6.07) is 13.1. The van der Waals surface area contributed by atoms with Crippen LogP contribution in [0.2, 0.25) is 0 Å². The first-order valence-electron chi connectivity index (χ1n) is 6.15. The number of nitrogens with one attached hydrogen (secondary N) is 1. The quantitative estimate of drug-likeness (QED) is 0.829. The highest BCUT2D eigenvalue weighted by Gasteiger charge is 2.07. The van der Waals surface area contributed by atoms with Crippen molar-refractivity contribution in [3.8, 4) is 0 Å². The molecule has 1 N–H and O–H groups in total. The standard InChI is InChI=1S/C16H18FN/c1-11-7-8-16(12(2)9-11)18-13(3)14-5-4-6-15(17)10-14/h4-10,13,18H,1-3H3. The first kappa shape index (κ1) is 12.6. The zero-order chi connectivity index (χ0) is 13.1. The van der Waals surface area contributed by atoms with E-state index in [0.717, 1.165) is 11.3 Å². The topological polar surface area (TPSA) is 12.0 Å². The van der Waals surface area contributed by atoms with Gasteiger partial charge in [-0.25, -0.2) is 4.39 Å². The van der Waals surface area contributed by atoms with Gasteiger partial charge in [0.15, 0.2) is 0 Å². The molecule has 0 aliphatic heterocycles. The van der Waals surface area contributed by atoms with E-state index in [9.17, 15) is 4.39 Å². The van der Waals surface area contributed by atoms with E-state index in [1.165, 1.54) is 17.2 Å². The summed E-state index contributed by atoms with van der Waals surface area (Å²) in [6.07, 6.45) is 0. The van der Waals surface area contributed by atoms with Gasteiger partial charge >= 0.3 is 0 Å². The lowest BCUT2D eigenvalue weighted by Gasteiger charge is -2.17. The van der Waals surface area contributed by atoms with Crippen molar-refractivity contribution >= 4 is 5.69 Å². The SMILES string of the molecule is Cc1ccc(NC(C)c2cccc(F)c2)c(C)c1. The molecule has 1 unspecified atom stereocenters. The number of hydrogen-bond donors (Lipinski definition) is 1. The molecule has 0 aromatic heterocycles. The van der Waals surface area contributed by atoms with Crippen LogP contribution in [0.4, 0.5) is 10.1 Å². The van der Waals surface area contributed by atoms with E-state index in [2.05, 4.69) is 37.4 Å². The third-order valence-corrected chi connectivity index (χ3v) is 3.10. The van der Waals surface area contributed by atoms with Crippen LogP contribution in [0.1, 0.15) is 29.7 Å². The maximum absolute atomic E-state index is 13.2. The van der Waals surface area contributed by atoms with Gasteiger partial charge in [-0.1, -0.05) is 29.8 Å². The fourth-order valence-electron chi connectivity index (χ4n) is 2.07. The highest BCUT2D eigenvalue weighted by atomic mass is 19.1. The molecular weight excluding hydrogens is 225 g/mol. The maximum Gasteiger partial charge on any atom is 0.123 e. The maximum atomic E-state index is 13.2. The number of benzene rings is 2. The fourth-order valence-corrected chi connectivity index (χ4v) is 2.07. The monoisotopic (exact) mass is 243 g/mol. The summed E-state index contributed by atoms with van der Waals surface area (Å²) in [7, 11) is 0. The van der Waals surface area contributed by atoms with Crippen LogP contribution in [0.25, 0.3) is 0 Å². The second kappa shape index (κ2) is 5.21. The molecule has 18 heavy (non-hydrogen) atoms. The van der Waals surface area contributed by atoms with E-state index in [4.69, 9.17) is 0 Å². The predicted octanol–water partition coefficient (Wildman–Crippen LogP) is 4.62. The Balaban J connectivity index is 2.18. The van der Waals surface area contributed by atoms with Gasteiger partial charge in [0.25, 0.3) is 0 Å². The number of halogens is 1. The molecule has 2 aromatic rings. The molecule has 2 aromatic carbocycles. The Morgan fingerprint density at radius 3 is 2.50 bits per heavy atom. The Bertz CT molecular complexity index is 549. The largest absolute Gasteiger partial charge is 0.378 e. The Morgan fingerprint density at radius 2 is 1.83 bits per heavy atom. The van der Waals surface area contributed by atoms with Gasteiger partial charge in [0.05, 0.1) is 0 Å². The van der Waals surface area contributed by atoms with Crippen molar-refractivity contribution in [1.29, 1.82) is 0 Å². The van der Waals surface area contributed by atoms with Crippen LogP contribution < -0.4 is 5.32 Å². The number of anilines is 1. The van der Waals surface area contributed by atoms with Gasteiger partial charge in [0.1, 0.15) is 5.82 Å². The van der Waals surface area contributed by atoms with Crippen LogP contribution in [-0.4, -0.2) is 0 Å². The molecule has 0 aliphatic carbocycles. The number of aryl methyl sites for hydroxylation is 2. The van der Waals surface area contributed by atoms with Crippen LogP contribution in [0.15, 0.2) is 42.5 Å². The van der Waals surface area contributed by atoms with E-state index in [0.29, 0.717) is 0 Å². The van der Waals surface area contributed by atoms with Gasteiger partial charge in [0.2, 0.25) is 0 Å². The summed E-state index contributed by atoms with van der Waals surface area (Å²) in [5.74, 6) is -0.193. The third-order valence-electron chi connectivity index (χ3n) is 3.10. The lowest BCUT2D eigenvalue weighted by molar-refractivity contribution is 0.623. The molecule has 0 amide bonds. The molecule has 0 radical (unpaired) electrons. The van der Waals surface area contributed by atoms with Crippen molar-refractivity contribution in [2.75, 3.05) is 5.32 Å². The zero-order valence-electron chi connectivity index (χ0n) is 11.0. The molecule has 0 bridgehead atoms. The van der Waals surface area contributed by atoms with Crippen LogP contribution >= 0.6 is 0 Å². The second-order valence-corrected chi connectivity index (χ2v) is 4.74. The normalized spacial score (nSPS) is 12.2. The highest BCUT2D eigenvalue weighted by Crippen LogP contribution is 2.23. The first-order chi connectivity index (χ1) is 8.56. The van der Waals surface area contributed by atoms with Gasteiger partial charge in [-0.3, -0.25) is 0 Å². The molecule has 1 nitrogen and oxygen atoms in total. The van der Waals surface area contributed by atoms with E-state index in [1.807, 2.05) is 13.0 Å². The van der Waals surface area contributed by atoms with E-state index in [-0.39, 0.29) is 11.9 Å². The fraction of sp³-hybridized carbons (Fsp3) is 0.250. The average molecular weight is 243 g/mol. The Morgan fingerprint density at radius 1 is 1.06 bits per heavy atom. The molecule has 0 aliphatic rings. The lowest BCUT2D eigenvalue weighted by atomic mass is 10.1. The minimum Gasteiger partial charge on any atom is -0.378 e. The first-order valence-corrected chi connectivity index (χ1v) is 6.15. The second-order valence-electron chi connectivity index (χ2n) is 4.74. The van der Waals surface area contributed by atoms with Crippen molar-refractivity contribution in [1.82, 2.24) is 0 Å². The molecule has 0 saturated carbocycles. The smallest absolute Gasteiger partial charge is 0.123 e. The van der Waals surface area contributed by atoms with Crippen molar-refractivity contribution in [2.45, 2.75) is 26.8 Å². The Hall–Kier alpha value is -1.83. The summed E-state index contributed by atoms with van der Waals surface area (Å²) in [4.78, 5) is 0. The van der Waals surface area contributed by atoms with Gasteiger partial charge in [0, 0.05) is 11.7 Å². The van der Waals surface area contributed by atoms with Crippen molar-refractivity contribution in [3.05, 3.63) is 65.0 Å². The Labute approximate surface area is 108 Å². The van der Waals surface area contributed by atoms with Crippen LogP contribution in [0.5, 0.6) is 0 Å². The summed E-state index contributed by atoms with van der Waals surface area (Å²) in [6.45, 7) is 6.19. The molecule has 2 heteroatoms. The molecule has 1 atom stereocenters. The van der Waals surface area contributed by atoms with E-state index >= 15 is 0 Å². The van der Waals surface area contributed by atoms with Crippen molar-refractivity contribution < 1.29 is 4.39 Å². The average Bonchev–Trinajstić information content (AvgIpc) is 2.32. The van der Waals surface area contributed by atoms with E-state index in [1.54, 1.807) is 12.1 Å². The van der Waals surface area contributed by atoms with Crippen molar-refractivity contribution in [3.63, 3.8) is 0 Å². The predicted molar refractivity (Wildman–Crippen MR) is 74.4 cm³/mol. The van der Waals surface area contributed by atoms with Crippen LogP contribution in [-0.2, 0) is 0 Å². The van der Waals surface area contributed by atoms with Gasteiger partial charge < -0.3 is 5.32 Å². The van der Waals surface area contributed by atoms with Gasteiger partial charge in [-0.2, -0.15) is 0 Å². The molecular formula is C16H18FN. The third kappa shape index (κ3) is 2.89. The molecule has 94 valence electrons. The van der Waals surface area contributed by atoms with Gasteiger partial charge in [-0.05, 0) is 50.1 Å². The van der Waals surface area contributed by atoms with Gasteiger partial charge in [-0.15, -0.1) is 0 Å². The Kier molecular flexibility index (Phi) is 3.66. The summed E-state index contributed by atoms with van der Waals surface area (Å²) >= 11 is 0. The zero-order valence-corrected chi connectivity index (χ0v) is 11.0. The summed E-state index contributed by atoms with van der Waals surface area (Å²) in [5.41, 5.74) is 4.50. The lowest BCUT2D eigenvalue weighted by Crippen LogP contribution is -2.07. The van der Waals surface area contributed by atoms with Crippen molar-refractivity contribution in [2.24, 2.45) is 0 Å².